The second-order valence-electron chi connectivity index (χ2n) is 2.24. The third-order valence-corrected chi connectivity index (χ3v) is 1.44. The quantitative estimate of drug-likeness (QED) is 0.439. The van der Waals surface area contributed by atoms with Gasteiger partial charge in [-0.3, -0.25) is 14.5 Å². The van der Waals surface area contributed by atoms with Crippen molar-refractivity contribution in [3.63, 3.8) is 0 Å². The van der Waals surface area contributed by atoms with Crippen molar-refractivity contribution >= 4 is 11.9 Å². The number of rotatable bonds is 0. The van der Waals surface area contributed by atoms with Gasteiger partial charge in [-0.15, -0.1) is 0 Å². The van der Waals surface area contributed by atoms with Gasteiger partial charge in [-0.2, -0.15) is 0 Å². The van der Waals surface area contributed by atoms with E-state index in [2.05, 4.69) is 0 Å². The molecule has 0 radical (unpaired) electrons. The van der Waals surface area contributed by atoms with E-state index in [1.165, 1.54) is 11.8 Å². The van der Waals surface area contributed by atoms with E-state index in [4.69, 9.17) is 4.74 Å². The molecule has 1 saturated heterocycles. The first-order valence-electron chi connectivity index (χ1n) is 3.08. The van der Waals surface area contributed by atoms with E-state index in [1.807, 2.05) is 0 Å². The smallest absolute Gasteiger partial charge is 0.327 e. The predicted octanol–water partition coefficient (Wildman–Crippen LogP) is -0.262. The molecule has 1 heterocycles. The van der Waals surface area contributed by atoms with Crippen LogP contribution in [0.5, 0.6) is 0 Å². The Morgan fingerprint density at radius 1 is 1.80 bits per heavy atom. The maximum atomic E-state index is 10.7. The van der Waals surface area contributed by atoms with Gasteiger partial charge in [0.05, 0.1) is 0 Å². The summed E-state index contributed by atoms with van der Waals surface area (Å²) in [7, 11) is 0. The van der Waals surface area contributed by atoms with Gasteiger partial charge < -0.3 is 4.74 Å². The molecular formula is C6H9NO3. The Balaban J connectivity index is 2.63. The molecule has 0 aromatic rings. The van der Waals surface area contributed by atoms with Crippen LogP contribution in [0.2, 0.25) is 0 Å². The Kier molecular flexibility index (Phi) is 1.61. The highest BCUT2D eigenvalue weighted by Crippen LogP contribution is 2.09. The molecule has 1 rings (SSSR count). The summed E-state index contributed by atoms with van der Waals surface area (Å²) in [5, 5.41) is 0. The number of nitrogens with zero attached hydrogens (tertiary/aromatic N) is 1. The fraction of sp³-hybridized carbons (Fsp3) is 0.667. The number of esters is 1. The molecule has 0 saturated carbocycles. The Morgan fingerprint density at radius 3 is 2.60 bits per heavy atom. The van der Waals surface area contributed by atoms with Gasteiger partial charge in [-0.05, 0) is 6.92 Å². The van der Waals surface area contributed by atoms with Gasteiger partial charge in [-0.25, -0.2) is 0 Å². The molecule has 0 aromatic carbocycles. The molecule has 1 fully saturated rings. The zero-order valence-electron chi connectivity index (χ0n) is 5.96. The Morgan fingerprint density at radius 2 is 2.40 bits per heavy atom. The van der Waals surface area contributed by atoms with Gasteiger partial charge in [0.15, 0.2) is 6.23 Å². The maximum Gasteiger partial charge on any atom is 0.327 e. The maximum absolute atomic E-state index is 10.7. The largest absolute Gasteiger partial charge is 0.440 e. The lowest BCUT2D eigenvalue weighted by molar-refractivity contribution is -0.141. The van der Waals surface area contributed by atoms with E-state index in [0.717, 1.165) is 0 Å². The number of amides is 1. The van der Waals surface area contributed by atoms with Crippen molar-refractivity contribution in [1.82, 2.24) is 4.90 Å². The van der Waals surface area contributed by atoms with Crippen LogP contribution in [0.4, 0.5) is 0 Å². The van der Waals surface area contributed by atoms with E-state index in [-0.39, 0.29) is 24.6 Å². The van der Waals surface area contributed by atoms with Crippen molar-refractivity contribution in [2.75, 3.05) is 6.54 Å². The minimum Gasteiger partial charge on any atom is -0.440 e. The van der Waals surface area contributed by atoms with Gasteiger partial charge >= 0.3 is 5.97 Å². The molecule has 56 valence electrons. The standard InChI is InChI=1S/C6H9NO3/c1-4(8)7-3-6(9)10-5(7)2/h5H,3H2,1-2H3. The summed E-state index contributed by atoms with van der Waals surface area (Å²) in [6.45, 7) is 3.18. The molecule has 1 atom stereocenters. The fourth-order valence-corrected chi connectivity index (χ4v) is 0.926. The highest BCUT2D eigenvalue weighted by molar-refractivity contribution is 5.83. The highest BCUT2D eigenvalue weighted by Gasteiger charge is 2.29. The minimum atomic E-state index is -0.384. The summed E-state index contributed by atoms with van der Waals surface area (Å²) in [6, 6.07) is 0. The van der Waals surface area contributed by atoms with Crippen LogP contribution in [-0.2, 0) is 14.3 Å². The molecule has 1 aliphatic heterocycles. The topological polar surface area (TPSA) is 46.6 Å². The van der Waals surface area contributed by atoms with E-state index in [0.29, 0.717) is 0 Å². The van der Waals surface area contributed by atoms with Crippen LogP contribution >= 0.6 is 0 Å². The summed E-state index contributed by atoms with van der Waals surface area (Å²) in [5.41, 5.74) is 0. The molecule has 0 aromatic heterocycles. The summed E-state index contributed by atoms with van der Waals surface area (Å²) < 4.78 is 4.70. The molecule has 0 bridgehead atoms. The zero-order valence-corrected chi connectivity index (χ0v) is 5.96. The first-order chi connectivity index (χ1) is 4.61. The molecule has 1 unspecified atom stereocenters. The first-order valence-corrected chi connectivity index (χ1v) is 3.08. The molecule has 1 aliphatic rings. The van der Waals surface area contributed by atoms with Crippen LogP contribution in [0.3, 0.4) is 0 Å². The third-order valence-electron chi connectivity index (χ3n) is 1.44. The second kappa shape index (κ2) is 2.28. The lowest BCUT2D eigenvalue weighted by Crippen LogP contribution is -2.32. The van der Waals surface area contributed by atoms with Crippen molar-refractivity contribution in [3.8, 4) is 0 Å². The van der Waals surface area contributed by atoms with Crippen molar-refractivity contribution in [2.24, 2.45) is 0 Å². The van der Waals surface area contributed by atoms with Crippen molar-refractivity contribution < 1.29 is 14.3 Å². The van der Waals surface area contributed by atoms with Gasteiger partial charge in [-0.1, -0.05) is 0 Å². The monoisotopic (exact) mass is 143 g/mol. The summed E-state index contributed by atoms with van der Waals surface area (Å²) in [5.74, 6) is -0.457. The average Bonchev–Trinajstić information content (AvgIpc) is 2.10. The SMILES string of the molecule is CC(=O)N1CC(=O)OC1C. The Bertz CT molecular complexity index is 178. The zero-order chi connectivity index (χ0) is 7.72. The lowest BCUT2D eigenvalue weighted by atomic mass is 10.5. The second-order valence-corrected chi connectivity index (χ2v) is 2.24. The molecule has 0 aliphatic carbocycles. The summed E-state index contributed by atoms with van der Waals surface area (Å²) >= 11 is 0. The number of carbonyl (C=O) groups excluding carboxylic acids is 2. The van der Waals surface area contributed by atoms with Crippen molar-refractivity contribution in [3.05, 3.63) is 0 Å². The number of hydrogen-bond acceptors (Lipinski definition) is 3. The molecule has 4 nitrogen and oxygen atoms in total. The number of ether oxygens (including phenoxy) is 1. The Labute approximate surface area is 58.8 Å². The number of carbonyl (C=O) groups is 2. The molecular weight excluding hydrogens is 134 g/mol. The van der Waals surface area contributed by atoms with E-state index < -0.39 is 0 Å². The molecule has 10 heavy (non-hydrogen) atoms. The van der Waals surface area contributed by atoms with Gasteiger partial charge in [0.1, 0.15) is 6.54 Å². The van der Waals surface area contributed by atoms with Crippen molar-refractivity contribution in [1.29, 1.82) is 0 Å². The van der Waals surface area contributed by atoms with Crippen LogP contribution in [0.15, 0.2) is 0 Å². The van der Waals surface area contributed by atoms with Crippen LogP contribution in [0.25, 0.3) is 0 Å². The fourth-order valence-electron chi connectivity index (χ4n) is 0.926. The summed E-state index contributed by atoms with van der Waals surface area (Å²) in [6.07, 6.45) is -0.384. The normalized spacial score (nSPS) is 24.8. The minimum absolute atomic E-state index is 0.0938. The van der Waals surface area contributed by atoms with Crippen molar-refractivity contribution in [2.45, 2.75) is 20.1 Å². The van der Waals surface area contributed by atoms with Crippen LogP contribution in [-0.4, -0.2) is 29.5 Å². The number of cyclic esters (lactones) is 1. The Hall–Kier alpha value is -1.06. The molecule has 0 N–H and O–H groups in total. The lowest BCUT2D eigenvalue weighted by Gasteiger charge is -2.14. The van der Waals surface area contributed by atoms with Gasteiger partial charge in [0.2, 0.25) is 5.91 Å². The van der Waals surface area contributed by atoms with E-state index >= 15 is 0 Å². The average molecular weight is 143 g/mol. The number of hydrogen-bond donors (Lipinski definition) is 0. The highest BCUT2D eigenvalue weighted by atomic mass is 16.6. The van der Waals surface area contributed by atoms with Crippen LogP contribution < -0.4 is 0 Å². The molecule has 1 amide bonds. The molecule has 4 heteroatoms. The first kappa shape index (κ1) is 7.05. The van der Waals surface area contributed by atoms with E-state index in [1.54, 1.807) is 6.92 Å². The van der Waals surface area contributed by atoms with E-state index in [9.17, 15) is 9.59 Å². The predicted molar refractivity (Wildman–Crippen MR) is 32.9 cm³/mol. The summed E-state index contributed by atoms with van der Waals surface area (Å²) in [4.78, 5) is 22.6. The van der Waals surface area contributed by atoms with Gasteiger partial charge in [0.25, 0.3) is 0 Å². The molecule has 0 spiro atoms. The third kappa shape index (κ3) is 1.10. The van der Waals surface area contributed by atoms with Crippen LogP contribution in [0, 0.1) is 0 Å². The van der Waals surface area contributed by atoms with Gasteiger partial charge in [0, 0.05) is 6.92 Å². The van der Waals surface area contributed by atoms with Crippen LogP contribution in [0.1, 0.15) is 13.8 Å².